The van der Waals surface area contributed by atoms with Gasteiger partial charge in [-0.15, -0.1) is 0 Å². The van der Waals surface area contributed by atoms with E-state index in [1.807, 2.05) is 0 Å². The monoisotopic (exact) mass is 350 g/mol. The Hall–Kier alpha value is -0.120. The number of aliphatic hydroxyl groups is 3. The van der Waals surface area contributed by atoms with Gasteiger partial charge < -0.3 is 15.3 Å². The molecular formula is C22H38O3. The average molecular weight is 351 g/mol. The zero-order valence-electron chi connectivity index (χ0n) is 16.6. The molecule has 0 aliphatic heterocycles. The fourth-order valence-corrected chi connectivity index (χ4v) is 8.35. The van der Waals surface area contributed by atoms with Crippen molar-refractivity contribution in [3.63, 3.8) is 0 Å². The first-order valence-electron chi connectivity index (χ1n) is 10.7. The minimum atomic E-state index is -0.910. The lowest BCUT2D eigenvalue weighted by atomic mass is 9.40. The maximum absolute atomic E-state index is 11.3. The van der Waals surface area contributed by atoms with Crippen molar-refractivity contribution < 1.29 is 15.3 Å². The Bertz CT molecular complexity index is 547. The number of rotatable bonds is 1. The van der Waals surface area contributed by atoms with E-state index in [4.69, 9.17) is 0 Å². The van der Waals surface area contributed by atoms with E-state index in [-0.39, 0.29) is 16.9 Å². The minimum absolute atomic E-state index is 0.115. The van der Waals surface area contributed by atoms with E-state index in [2.05, 4.69) is 20.8 Å². The van der Waals surface area contributed by atoms with Crippen molar-refractivity contribution in [3.05, 3.63) is 0 Å². The average Bonchev–Trinajstić information content (AvgIpc) is 2.82. The van der Waals surface area contributed by atoms with E-state index < -0.39 is 11.7 Å². The van der Waals surface area contributed by atoms with Gasteiger partial charge in [0.05, 0.1) is 17.8 Å². The van der Waals surface area contributed by atoms with Gasteiger partial charge in [-0.05, 0) is 93.3 Å². The fraction of sp³-hybridized carbons (Fsp3) is 1.00. The van der Waals surface area contributed by atoms with E-state index in [0.29, 0.717) is 23.2 Å². The van der Waals surface area contributed by atoms with Crippen molar-refractivity contribution in [1.82, 2.24) is 0 Å². The van der Waals surface area contributed by atoms with E-state index >= 15 is 0 Å². The van der Waals surface area contributed by atoms with Crippen molar-refractivity contribution in [3.8, 4) is 0 Å². The molecule has 4 aliphatic carbocycles. The number of hydrogen-bond acceptors (Lipinski definition) is 3. The fourth-order valence-electron chi connectivity index (χ4n) is 8.35. The van der Waals surface area contributed by atoms with Crippen LogP contribution in [-0.4, -0.2) is 33.1 Å². The lowest BCUT2D eigenvalue weighted by Crippen LogP contribution is -2.61. The molecule has 0 aromatic rings. The maximum Gasteiger partial charge on any atom is 0.0958 e. The molecule has 25 heavy (non-hydrogen) atoms. The van der Waals surface area contributed by atoms with Gasteiger partial charge in [-0.1, -0.05) is 20.8 Å². The molecular weight excluding hydrogens is 312 g/mol. The first kappa shape index (κ1) is 18.3. The standard InChI is InChI=1S/C22H38O3/c1-14(23)22(25)12-8-18-16-6-9-19(2)13-15(24)5-10-20(19,3)17(16)7-11-21(18,22)4/h14-18,23-25H,5-13H2,1-4H3/t14-,15-,16-,17+,18-,19-,20+,21-,22+/m0/s1. The second-order valence-electron chi connectivity index (χ2n) is 10.9. The van der Waals surface area contributed by atoms with Gasteiger partial charge >= 0.3 is 0 Å². The van der Waals surface area contributed by atoms with Gasteiger partial charge in [-0.3, -0.25) is 0 Å². The molecule has 0 aromatic heterocycles. The second-order valence-corrected chi connectivity index (χ2v) is 10.9. The van der Waals surface area contributed by atoms with Crippen LogP contribution in [0.3, 0.4) is 0 Å². The highest BCUT2D eigenvalue weighted by Crippen LogP contribution is 2.71. The quantitative estimate of drug-likeness (QED) is 0.672. The summed E-state index contributed by atoms with van der Waals surface area (Å²) in [5.74, 6) is 1.94. The molecule has 4 saturated carbocycles. The molecule has 4 rings (SSSR count). The molecule has 4 aliphatic rings. The van der Waals surface area contributed by atoms with Gasteiger partial charge in [-0.25, -0.2) is 0 Å². The number of aliphatic hydroxyl groups excluding tert-OH is 2. The highest BCUT2D eigenvalue weighted by atomic mass is 16.3. The van der Waals surface area contributed by atoms with Crippen LogP contribution < -0.4 is 0 Å². The Morgan fingerprint density at radius 2 is 1.44 bits per heavy atom. The van der Waals surface area contributed by atoms with Crippen LogP contribution >= 0.6 is 0 Å². The Morgan fingerprint density at radius 3 is 2.12 bits per heavy atom. The summed E-state index contributed by atoms with van der Waals surface area (Å²) in [5.41, 5.74) is -0.464. The summed E-state index contributed by atoms with van der Waals surface area (Å²) in [6, 6.07) is 0. The van der Waals surface area contributed by atoms with Crippen LogP contribution in [0.5, 0.6) is 0 Å². The third-order valence-electron chi connectivity index (χ3n) is 10.3. The number of fused-ring (bicyclic) bond motifs is 5. The van der Waals surface area contributed by atoms with Crippen LogP contribution in [0.4, 0.5) is 0 Å². The van der Waals surface area contributed by atoms with E-state index in [0.717, 1.165) is 38.5 Å². The van der Waals surface area contributed by atoms with E-state index in [1.54, 1.807) is 6.92 Å². The van der Waals surface area contributed by atoms with Gasteiger partial charge in [-0.2, -0.15) is 0 Å². The van der Waals surface area contributed by atoms with E-state index in [9.17, 15) is 15.3 Å². The predicted octanol–water partition coefficient (Wildman–Crippen LogP) is 3.89. The van der Waals surface area contributed by atoms with Gasteiger partial charge in [0.15, 0.2) is 0 Å². The molecule has 0 unspecified atom stereocenters. The third-order valence-corrected chi connectivity index (χ3v) is 10.3. The first-order chi connectivity index (χ1) is 11.6. The Balaban J connectivity index is 1.67. The Kier molecular flexibility index (Phi) is 3.98. The molecule has 3 nitrogen and oxygen atoms in total. The molecule has 0 saturated heterocycles. The molecule has 0 heterocycles. The van der Waals surface area contributed by atoms with Gasteiger partial charge in [0.2, 0.25) is 0 Å². The molecule has 3 N–H and O–H groups in total. The molecule has 3 heteroatoms. The molecule has 144 valence electrons. The number of hydrogen-bond donors (Lipinski definition) is 3. The molecule has 9 atom stereocenters. The van der Waals surface area contributed by atoms with E-state index in [1.165, 1.54) is 19.3 Å². The highest BCUT2D eigenvalue weighted by Gasteiger charge is 2.67. The van der Waals surface area contributed by atoms with Crippen LogP contribution in [-0.2, 0) is 0 Å². The van der Waals surface area contributed by atoms with Crippen LogP contribution in [0, 0.1) is 34.0 Å². The summed E-state index contributed by atoms with van der Waals surface area (Å²) in [5, 5.41) is 31.9. The molecule has 4 fully saturated rings. The molecule has 0 bridgehead atoms. The Labute approximate surface area is 153 Å². The third kappa shape index (κ3) is 2.15. The van der Waals surface area contributed by atoms with Gasteiger partial charge in [0.1, 0.15) is 0 Å². The summed E-state index contributed by atoms with van der Waals surface area (Å²) < 4.78 is 0. The van der Waals surface area contributed by atoms with Crippen LogP contribution in [0.2, 0.25) is 0 Å². The summed E-state index contributed by atoms with van der Waals surface area (Å²) >= 11 is 0. The SMILES string of the molecule is C[C@H](O)[C@]1(O)CC[C@H]2[C@H]3CC[C@@]4(C)C[C@@H](O)CC[C@]4(C)[C@@H]3CC[C@@]21C. The maximum atomic E-state index is 11.3. The summed E-state index contributed by atoms with van der Waals surface area (Å²) in [7, 11) is 0. The van der Waals surface area contributed by atoms with Crippen molar-refractivity contribution >= 4 is 0 Å². The predicted molar refractivity (Wildman–Crippen MR) is 99.0 cm³/mol. The summed E-state index contributed by atoms with van der Waals surface area (Å²) in [4.78, 5) is 0. The summed E-state index contributed by atoms with van der Waals surface area (Å²) in [6.07, 6.45) is 8.78. The van der Waals surface area contributed by atoms with Crippen molar-refractivity contribution in [2.75, 3.05) is 0 Å². The van der Waals surface area contributed by atoms with Gasteiger partial charge in [0, 0.05) is 5.41 Å². The zero-order valence-corrected chi connectivity index (χ0v) is 16.6. The second kappa shape index (κ2) is 5.45. The highest BCUT2D eigenvalue weighted by molar-refractivity contribution is 5.16. The molecule has 0 spiro atoms. The van der Waals surface area contributed by atoms with Crippen molar-refractivity contribution in [2.45, 2.75) is 103 Å². The normalized spacial score (nSPS) is 59.6. The topological polar surface area (TPSA) is 60.7 Å². The molecule has 0 radical (unpaired) electrons. The molecule has 0 aromatic carbocycles. The molecule has 0 amide bonds. The largest absolute Gasteiger partial charge is 0.393 e. The lowest BCUT2D eigenvalue weighted by Gasteiger charge is -2.65. The van der Waals surface area contributed by atoms with Crippen molar-refractivity contribution in [2.24, 2.45) is 34.0 Å². The summed E-state index contributed by atoms with van der Waals surface area (Å²) in [6.45, 7) is 8.98. The van der Waals surface area contributed by atoms with Crippen molar-refractivity contribution in [1.29, 1.82) is 0 Å². The van der Waals surface area contributed by atoms with Crippen LogP contribution in [0.15, 0.2) is 0 Å². The Morgan fingerprint density at radius 1 is 0.840 bits per heavy atom. The zero-order chi connectivity index (χ0) is 18.3. The van der Waals surface area contributed by atoms with Gasteiger partial charge in [0.25, 0.3) is 0 Å². The smallest absolute Gasteiger partial charge is 0.0958 e. The van der Waals surface area contributed by atoms with Crippen LogP contribution in [0.1, 0.15) is 85.5 Å². The minimum Gasteiger partial charge on any atom is -0.393 e. The lowest BCUT2D eigenvalue weighted by molar-refractivity contribution is -0.203. The first-order valence-corrected chi connectivity index (χ1v) is 10.7. The van der Waals surface area contributed by atoms with Crippen LogP contribution in [0.25, 0.3) is 0 Å².